The zero-order chi connectivity index (χ0) is 18.2. The first-order chi connectivity index (χ1) is 12.1. The molecule has 4 heteroatoms. The van der Waals surface area contributed by atoms with Gasteiger partial charge in [-0.05, 0) is 55.5 Å². The minimum atomic E-state index is 0.225. The van der Waals surface area contributed by atoms with Gasteiger partial charge in [-0.15, -0.1) is 22.7 Å². The molecular formula is C21H30N2S2. The van der Waals surface area contributed by atoms with Crippen LogP contribution in [0.25, 0.3) is 0 Å². The van der Waals surface area contributed by atoms with Crippen LogP contribution in [0.2, 0.25) is 0 Å². The molecule has 0 radical (unpaired) electrons. The van der Waals surface area contributed by atoms with Crippen LogP contribution in [0.4, 0.5) is 0 Å². The molecule has 1 unspecified atom stereocenters. The molecule has 0 bridgehead atoms. The van der Waals surface area contributed by atoms with E-state index < -0.39 is 0 Å². The molecule has 1 aliphatic heterocycles. The van der Waals surface area contributed by atoms with Crippen molar-refractivity contribution in [1.29, 1.82) is 0 Å². The van der Waals surface area contributed by atoms with Gasteiger partial charge in [0.1, 0.15) is 0 Å². The molecule has 0 aliphatic carbocycles. The van der Waals surface area contributed by atoms with Crippen LogP contribution in [0.5, 0.6) is 0 Å². The van der Waals surface area contributed by atoms with E-state index in [9.17, 15) is 0 Å². The summed E-state index contributed by atoms with van der Waals surface area (Å²) in [5.74, 6) is 0. The van der Waals surface area contributed by atoms with Gasteiger partial charge in [0.2, 0.25) is 0 Å². The van der Waals surface area contributed by atoms with E-state index in [0.29, 0.717) is 0 Å². The summed E-state index contributed by atoms with van der Waals surface area (Å²) in [5.41, 5.74) is 1.39. The lowest BCUT2D eigenvalue weighted by Crippen LogP contribution is -2.13. The molecule has 0 fully saturated rings. The molecule has 0 spiro atoms. The minimum Gasteiger partial charge on any atom is -0.343 e. The fourth-order valence-electron chi connectivity index (χ4n) is 2.67. The van der Waals surface area contributed by atoms with Gasteiger partial charge in [-0.25, -0.2) is 0 Å². The van der Waals surface area contributed by atoms with Crippen molar-refractivity contribution < 1.29 is 0 Å². The van der Waals surface area contributed by atoms with E-state index in [1.807, 2.05) is 41.0 Å². The Morgan fingerprint density at radius 2 is 1.56 bits per heavy atom. The van der Waals surface area contributed by atoms with E-state index in [-0.39, 0.29) is 6.04 Å². The van der Waals surface area contributed by atoms with Crippen LogP contribution in [0, 0.1) is 0 Å². The van der Waals surface area contributed by atoms with E-state index in [0.717, 1.165) is 12.8 Å². The molecule has 3 heterocycles. The van der Waals surface area contributed by atoms with Gasteiger partial charge in [-0.1, -0.05) is 27.7 Å². The van der Waals surface area contributed by atoms with E-state index in [1.165, 1.54) is 37.9 Å². The molecule has 0 amide bonds. The summed E-state index contributed by atoms with van der Waals surface area (Å²) in [7, 11) is 2.00. The largest absolute Gasteiger partial charge is 0.343 e. The van der Waals surface area contributed by atoms with Gasteiger partial charge in [0.05, 0.1) is 12.4 Å². The number of aryl methyl sites for hydroxylation is 4. The number of thiophene rings is 2. The van der Waals surface area contributed by atoms with E-state index >= 15 is 0 Å². The van der Waals surface area contributed by atoms with Crippen molar-refractivity contribution in [3.05, 3.63) is 55.5 Å². The number of nitrogens with zero attached hydrogens (tertiary/aromatic N) is 2. The minimum absolute atomic E-state index is 0.225. The summed E-state index contributed by atoms with van der Waals surface area (Å²) in [6.45, 7) is 8.83. The van der Waals surface area contributed by atoms with Crippen LogP contribution in [-0.4, -0.2) is 18.3 Å². The topological polar surface area (TPSA) is 15.6 Å². The Morgan fingerprint density at radius 1 is 0.920 bits per heavy atom. The Bertz CT molecular complexity index is 677. The van der Waals surface area contributed by atoms with Crippen LogP contribution in [0.15, 0.2) is 35.5 Å². The molecule has 136 valence electrons. The SMILES string of the molecule is CCc1cc(C2C=CN(C)C=N2)c(CC)s1.CCc1ccc(CC)s1. The number of hydrogen-bond acceptors (Lipinski definition) is 4. The van der Waals surface area contributed by atoms with Crippen LogP contribution in [0.1, 0.15) is 58.8 Å². The molecule has 25 heavy (non-hydrogen) atoms. The van der Waals surface area contributed by atoms with Gasteiger partial charge in [0.15, 0.2) is 0 Å². The lowest BCUT2D eigenvalue weighted by atomic mass is 10.1. The highest BCUT2D eigenvalue weighted by Crippen LogP contribution is 2.32. The summed E-state index contributed by atoms with van der Waals surface area (Å²) in [6.07, 6.45) is 10.7. The standard InChI is InChI=1S/C13H18N2S.C8H12S/c1-4-10-8-11(13(5-2)16-10)12-6-7-15(3)9-14-12;1-3-7-5-6-8(4-2)9-7/h6-9,12H,4-5H2,1-3H3;5-6H,3-4H2,1-2H3. The fraction of sp³-hybridized carbons (Fsp3) is 0.476. The highest BCUT2D eigenvalue weighted by atomic mass is 32.1. The molecule has 1 atom stereocenters. The molecule has 2 aromatic heterocycles. The van der Waals surface area contributed by atoms with Crippen molar-refractivity contribution in [3.63, 3.8) is 0 Å². The Morgan fingerprint density at radius 3 is 2.00 bits per heavy atom. The molecule has 3 rings (SSSR count). The maximum absolute atomic E-state index is 4.56. The number of aliphatic imine (C=N–C) groups is 1. The maximum Gasteiger partial charge on any atom is 0.0975 e. The van der Waals surface area contributed by atoms with Crippen LogP contribution >= 0.6 is 22.7 Å². The first-order valence-electron chi connectivity index (χ1n) is 9.23. The second-order valence-electron chi connectivity index (χ2n) is 6.09. The first-order valence-corrected chi connectivity index (χ1v) is 10.9. The summed E-state index contributed by atoms with van der Waals surface area (Å²) in [4.78, 5) is 12.5. The zero-order valence-electron chi connectivity index (χ0n) is 16.1. The molecule has 1 aliphatic rings. The summed E-state index contributed by atoms with van der Waals surface area (Å²) >= 11 is 3.87. The summed E-state index contributed by atoms with van der Waals surface area (Å²) in [6, 6.07) is 7.00. The van der Waals surface area contributed by atoms with Gasteiger partial charge in [-0.2, -0.15) is 0 Å². The molecule has 0 saturated carbocycles. The van der Waals surface area contributed by atoms with Gasteiger partial charge in [-0.3, -0.25) is 4.99 Å². The third-order valence-electron chi connectivity index (χ3n) is 4.21. The predicted octanol–water partition coefficient (Wildman–Crippen LogP) is 6.27. The Labute approximate surface area is 160 Å². The molecule has 0 aromatic carbocycles. The van der Waals surface area contributed by atoms with Gasteiger partial charge in [0, 0.05) is 32.8 Å². The van der Waals surface area contributed by atoms with Gasteiger partial charge < -0.3 is 4.90 Å². The molecule has 0 N–H and O–H groups in total. The highest BCUT2D eigenvalue weighted by Gasteiger charge is 2.15. The second-order valence-corrected chi connectivity index (χ2v) is 8.56. The van der Waals surface area contributed by atoms with Gasteiger partial charge in [0.25, 0.3) is 0 Å². The van der Waals surface area contributed by atoms with Crippen molar-refractivity contribution >= 4 is 29.0 Å². The Kier molecular flexibility index (Phi) is 7.91. The summed E-state index contributed by atoms with van der Waals surface area (Å²) < 4.78 is 0. The smallest absolute Gasteiger partial charge is 0.0975 e. The molecule has 2 aromatic rings. The Balaban J connectivity index is 0.000000212. The van der Waals surface area contributed by atoms with Crippen LogP contribution in [0.3, 0.4) is 0 Å². The quantitative estimate of drug-likeness (QED) is 0.602. The lowest BCUT2D eigenvalue weighted by Gasteiger charge is -2.16. The first kappa shape index (κ1) is 19.9. The average molecular weight is 375 g/mol. The van der Waals surface area contributed by atoms with Crippen molar-refractivity contribution in [3.8, 4) is 0 Å². The van der Waals surface area contributed by atoms with E-state index in [4.69, 9.17) is 0 Å². The van der Waals surface area contributed by atoms with Crippen LogP contribution in [-0.2, 0) is 25.7 Å². The normalized spacial score (nSPS) is 16.0. The van der Waals surface area contributed by atoms with E-state index in [1.54, 1.807) is 0 Å². The van der Waals surface area contributed by atoms with Crippen molar-refractivity contribution in [1.82, 2.24) is 4.90 Å². The molecular weight excluding hydrogens is 344 g/mol. The van der Waals surface area contributed by atoms with E-state index in [2.05, 4.69) is 63.2 Å². The number of hydrogen-bond donors (Lipinski definition) is 0. The van der Waals surface area contributed by atoms with Crippen molar-refractivity contribution in [2.45, 2.75) is 59.4 Å². The maximum atomic E-state index is 4.56. The zero-order valence-corrected chi connectivity index (χ0v) is 17.7. The highest BCUT2D eigenvalue weighted by molar-refractivity contribution is 7.12. The van der Waals surface area contributed by atoms with Crippen molar-refractivity contribution in [2.24, 2.45) is 4.99 Å². The molecule has 2 nitrogen and oxygen atoms in total. The predicted molar refractivity (Wildman–Crippen MR) is 114 cm³/mol. The van der Waals surface area contributed by atoms with Crippen LogP contribution < -0.4 is 0 Å². The second kappa shape index (κ2) is 9.93. The Hall–Kier alpha value is -1.39. The third kappa shape index (κ3) is 5.55. The fourth-order valence-corrected chi connectivity index (χ4v) is 4.66. The number of rotatable bonds is 5. The van der Waals surface area contributed by atoms with Crippen molar-refractivity contribution in [2.75, 3.05) is 7.05 Å². The third-order valence-corrected chi connectivity index (χ3v) is 7.02. The lowest BCUT2D eigenvalue weighted by molar-refractivity contribution is 0.665. The molecule has 0 saturated heterocycles. The monoisotopic (exact) mass is 374 g/mol. The average Bonchev–Trinajstić information content (AvgIpc) is 3.29. The summed E-state index contributed by atoms with van der Waals surface area (Å²) in [5, 5.41) is 0. The van der Waals surface area contributed by atoms with Gasteiger partial charge >= 0.3 is 0 Å².